The van der Waals surface area contributed by atoms with Crippen molar-refractivity contribution < 1.29 is 98.7 Å². The van der Waals surface area contributed by atoms with Crippen LogP contribution in [0.15, 0.2) is 24.8 Å². The van der Waals surface area contributed by atoms with Gasteiger partial charge in [-0.15, -0.1) is 0 Å². The molecule has 5 unspecified atom stereocenters. The number of carbonyl (C=O) groups excluding carboxylic acids is 3. The van der Waals surface area contributed by atoms with Gasteiger partial charge in [0, 0.05) is 48.6 Å². The number of rotatable bonds is 33. The normalized spacial score (nSPS) is 14.0. The van der Waals surface area contributed by atoms with Gasteiger partial charge in [-0.1, -0.05) is 13.8 Å². The standard InChI is InChI=1S/C40H58N10O20/c1-5-40(4,34(37(68)69)45-26(51)8-6-22(35(64)65)43-38(70)44-23(36(66)67)7-9-29(54)55)39(2,3)50(14-24-41-10-12-46(24)16-27(52)48(18-30(56)57)19-31(58)59)15-25-42-11-13-47(25)17-28(53)49(20-32(60)61)21-33(62)63/h10-13,22-23,27,34,52H,5-9,14-21H2,1-4H3,(H,45,51)(H,54,55)(H,56,57)(H,58,59)(H,60,61)(H,62,63)(H,64,65)(H,66,67)(H,68,69)(H2,43,44,70). The van der Waals surface area contributed by atoms with Crippen LogP contribution in [-0.2, 0) is 74.1 Å². The lowest BCUT2D eigenvalue weighted by Crippen LogP contribution is -2.65. The molecule has 0 bridgehead atoms. The van der Waals surface area contributed by atoms with Crippen LogP contribution in [0.3, 0.4) is 0 Å². The third kappa shape index (κ3) is 17.4. The molecule has 4 amide bonds. The molecule has 2 aromatic rings. The van der Waals surface area contributed by atoms with Gasteiger partial charge in [0.1, 0.15) is 55.6 Å². The van der Waals surface area contributed by atoms with E-state index in [0.717, 1.165) is 4.90 Å². The number of amides is 4. The van der Waals surface area contributed by atoms with E-state index in [1.807, 2.05) is 10.6 Å². The Morgan fingerprint density at radius 3 is 1.51 bits per heavy atom. The van der Waals surface area contributed by atoms with Crippen LogP contribution < -0.4 is 16.0 Å². The second-order valence-corrected chi connectivity index (χ2v) is 16.6. The maximum absolute atomic E-state index is 13.6. The van der Waals surface area contributed by atoms with E-state index < -0.39 is 166 Å². The van der Waals surface area contributed by atoms with Crippen molar-refractivity contribution in [2.45, 2.75) is 116 Å². The molecule has 0 radical (unpaired) electrons. The predicted octanol–water partition coefficient (Wildman–Crippen LogP) is -2.52. The van der Waals surface area contributed by atoms with Crippen LogP contribution in [0.2, 0.25) is 0 Å². The number of nitrogens with zero attached hydrogens (tertiary/aromatic N) is 7. The number of carboxylic acid groups (broad SMARTS) is 8. The van der Waals surface area contributed by atoms with Crippen molar-refractivity contribution in [1.29, 1.82) is 0 Å². The minimum Gasteiger partial charge on any atom is -0.481 e. The molecule has 30 nitrogen and oxygen atoms in total. The van der Waals surface area contributed by atoms with Crippen LogP contribution in [0.4, 0.5) is 4.79 Å². The zero-order chi connectivity index (χ0) is 53.3. The van der Waals surface area contributed by atoms with Gasteiger partial charge in [-0.05, 0) is 33.1 Å². The summed E-state index contributed by atoms with van der Waals surface area (Å²) in [6.45, 7) is 1.01. The lowest BCUT2D eigenvalue weighted by atomic mass is 9.64. The number of hydrogen-bond donors (Lipinski definition) is 12. The molecule has 2 rings (SSSR count). The van der Waals surface area contributed by atoms with Crippen LogP contribution in [0.1, 0.15) is 71.4 Å². The van der Waals surface area contributed by atoms with Gasteiger partial charge in [0.15, 0.2) is 0 Å². The first-order valence-electron chi connectivity index (χ1n) is 21.1. The summed E-state index contributed by atoms with van der Waals surface area (Å²) in [4.78, 5) is 145. The van der Waals surface area contributed by atoms with Crippen molar-refractivity contribution in [3.8, 4) is 0 Å². The average molecular weight is 999 g/mol. The topological polar surface area (TPSA) is 451 Å². The largest absolute Gasteiger partial charge is 0.481 e. The molecule has 388 valence electrons. The van der Waals surface area contributed by atoms with Crippen molar-refractivity contribution >= 4 is 65.6 Å². The Hall–Kier alpha value is -7.73. The van der Waals surface area contributed by atoms with E-state index in [1.165, 1.54) is 40.8 Å². The monoisotopic (exact) mass is 998 g/mol. The van der Waals surface area contributed by atoms with Gasteiger partial charge in [-0.25, -0.2) is 29.1 Å². The van der Waals surface area contributed by atoms with Crippen molar-refractivity contribution in [2.75, 3.05) is 26.2 Å². The number of imidazole rings is 2. The van der Waals surface area contributed by atoms with Gasteiger partial charge in [0.25, 0.3) is 0 Å². The Kier molecular flexibility index (Phi) is 21.8. The molecule has 5 atom stereocenters. The lowest BCUT2D eigenvalue weighted by Gasteiger charge is -2.53. The Morgan fingerprint density at radius 1 is 0.629 bits per heavy atom. The second kappa shape index (κ2) is 26.1. The molecule has 0 saturated heterocycles. The quantitative estimate of drug-likeness (QED) is 0.0328. The molecule has 0 fully saturated rings. The Labute approximate surface area is 397 Å². The SMILES string of the molecule is CCC(C)(C(NC(=O)CCC(NC(=O)NC(CCC(=O)O)C(=O)O)C(=O)O)C(=O)O)C(C)(C)N(Cc1nccn1CC(=O)N(CC(=O)O)CC(=O)O)Cc1nccn1CC(O)N(CC(=O)O)CC(=O)O. The van der Waals surface area contributed by atoms with E-state index in [1.54, 1.807) is 25.7 Å². The molecule has 0 aromatic carbocycles. The highest BCUT2D eigenvalue weighted by atomic mass is 16.4. The fraction of sp³-hybridized carbons (Fsp3) is 0.575. The number of urea groups is 1. The summed E-state index contributed by atoms with van der Waals surface area (Å²) in [6.07, 6.45) is 1.02. The maximum atomic E-state index is 13.6. The van der Waals surface area contributed by atoms with Crippen LogP contribution in [0, 0.1) is 5.41 Å². The van der Waals surface area contributed by atoms with Crippen molar-refractivity contribution in [2.24, 2.45) is 5.41 Å². The van der Waals surface area contributed by atoms with Crippen molar-refractivity contribution in [3.05, 3.63) is 36.4 Å². The molecule has 70 heavy (non-hydrogen) atoms. The Bertz CT molecular complexity index is 2210. The summed E-state index contributed by atoms with van der Waals surface area (Å²) in [6, 6.07) is -6.65. The smallest absolute Gasteiger partial charge is 0.326 e. The van der Waals surface area contributed by atoms with Gasteiger partial charge < -0.3 is 75.9 Å². The molecular formula is C40H58N10O20. The van der Waals surface area contributed by atoms with E-state index in [9.17, 15) is 93.6 Å². The summed E-state index contributed by atoms with van der Waals surface area (Å²) < 4.78 is 2.64. The van der Waals surface area contributed by atoms with E-state index in [4.69, 9.17) is 5.11 Å². The van der Waals surface area contributed by atoms with E-state index in [-0.39, 0.29) is 31.2 Å². The zero-order valence-corrected chi connectivity index (χ0v) is 38.5. The summed E-state index contributed by atoms with van der Waals surface area (Å²) in [5.41, 5.74) is -3.03. The number of carbonyl (C=O) groups is 11. The third-order valence-corrected chi connectivity index (χ3v) is 11.7. The summed E-state index contributed by atoms with van der Waals surface area (Å²) in [5, 5.41) is 93.5. The number of aliphatic carboxylic acids is 8. The number of aliphatic hydroxyl groups excluding tert-OH is 1. The first kappa shape index (κ1) is 58.4. The molecule has 0 aliphatic heterocycles. The number of aliphatic hydroxyl groups is 1. The molecule has 12 N–H and O–H groups in total. The molecule has 2 heterocycles. The van der Waals surface area contributed by atoms with Crippen LogP contribution >= 0.6 is 0 Å². The summed E-state index contributed by atoms with van der Waals surface area (Å²) >= 11 is 0. The summed E-state index contributed by atoms with van der Waals surface area (Å²) in [5.74, 6) is -13.8. The molecular weight excluding hydrogens is 940 g/mol. The number of hydrogen-bond acceptors (Lipinski definition) is 16. The van der Waals surface area contributed by atoms with Crippen LogP contribution in [-0.4, -0.2) is 201 Å². The Balaban J connectivity index is 2.60. The number of nitrogens with one attached hydrogen (secondary N) is 3. The fourth-order valence-corrected chi connectivity index (χ4v) is 7.29. The fourth-order valence-electron chi connectivity index (χ4n) is 7.29. The van der Waals surface area contributed by atoms with E-state index in [0.29, 0.717) is 4.90 Å². The van der Waals surface area contributed by atoms with Crippen molar-refractivity contribution in [3.63, 3.8) is 0 Å². The van der Waals surface area contributed by atoms with Crippen molar-refractivity contribution in [1.82, 2.24) is 49.8 Å². The molecule has 30 heteroatoms. The first-order chi connectivity index (χ1) is 32.5. The predicted molar refractivity (Wildman–Crippen MR) is 231 cm³/mol. The molecule has 0 aliphatic rings. The Morgan fingerprint density at radius 2 is 1.09 bits per heavy atom. The van der Waals surface area contributed by atoms with Gasteiger partial charge in [0.05, 0.1) is 32.7 Å². The molecule has 2 aromatic heterocycles. The molecule has 0 aliphatic carbocycles. The lowest BCUT2D eigenvalue weighted by molar-refractivity contribution is -0.151. The van der Waals surface area contributed by atoms with E-state index in [2.05, 4.69) is 15.3 Å². The summed E-state index contributed by atoms with van der Waals surface area (Å²) in [7, 11) is 0. The minimum atomic E-state index is -1.83. The molecule has 0 spiro atoms. The number of carboxylic acids is 8. The van der Waals surface area contributed by atoms with Gasteiger partial charge in [0.2, 0.25) is 11.8 Å². The number of aromatic nitrogens is 4. The zero-order valence-electron chi connectivity index (χ0n) is 38.5. The van der Waals surface area contributed by atoms with Crippen LogP contribution in [0.25, 0.3) is 0 Å². The van der Waals surface area contributed by atoms with Crippen LogP contribution in [0.5, 0.6) is 0 Å². The third-order valence-electron chi connectivity index (χ3n) is 11.7. The highest BCUT2D eigenvalue weighted by Crippen LogP contribution is 2.43. The van der Waals surface area contributed by atoms with Gasteiger partial charge in [-0.2, -0.15) is 0 Å². The average Bonchev–Trinajstić information content (AvgIpc) is 3.88. The van der Waals surface area contributed by atoms with E-state index >= 15 is 0 Å². The van der Waals surface area contributed by atoms with Gasteiger partial charge in [-0.3, -0.25) is 43.4 Å². The van der Waals surface area contributed by atoms with Gasteiger partial charge >= 0.3 is 53.8 Å². The highest BCUT2D eigenvalue weighted by Gasteiger charge is 2.53. The maximum Gasteiger partial charge on any atom is 0.326 e. The first-order valence-corrected chi connectivity index (χ1v) is 21.1. The minimum absolute atomic E-state index is 0.0292. The second-order valence-electron chi connectivity index (χ2n) is 16.6. The highest BCUT2D eigenvalue weighted by molar-refractivity contribution is 5.88. The molecule has 0 saturated carbocycles.